The van der Waals surface area contributed by atoms with Gasteiger partial charge in [-0.15, -0.1) is 0 Å². The summed E-state index contributed by atoms with van der Waals surface area (Å²) >= 11 is 0. The summed E-state index contributed by atoms with van der Waals surface area (Å²) < 4.78 is 52.2. The van der Waals surface area contributed by atoms with Gasteiger partial charge in [-0.25, -0.2) is 0 Å². The molecule has 0 bridgehead atoms. The summed E-state index contributed by atoms with van der Waals surface area (Å²) in [5.41, 5.74) is 4.63. The van der Waals surface area contributed by atoms with E-state index in [4.69, 9.17) is 9.47 Å². The molecule has 4 aliphatic heterocycles. The lowest BCUT2D eigenvalue weighted by atomic mass is 9.89. The Morgan fingerprint density at radius 2 is 1.74 bits per heavy atom. The number of alkyl halides is 3. The molecular weight excluding hydrogens is 745 g/mol. The van der Waals surface area contributed by atoms with Crippen LogP contribution in [0.1, 0.15) is 58.0 Å². The van der Waals surface area contributed by atoms with Gasteiger partial charge in [0.25, 0.3) is 12.4 Å². The zero-order valence-electron chi connectivity index (χ0n) is 31.8. The van der Waals surface area contributed by atoms with Crippen molar-refractivity contribution in [3.63, 3.8) is 0 Å². The molecule has 0 spiro atoms. The first-order valence-electron chi connectivity index (χ1n) is 19.3. The van der Waals surface area contributed by atoms with Gasteiger partial charge in [-0.3, -0.25) is 39.3 Å². The van der Waals surface area contributed by atoms with Crippen molar-refractivity contribution in [2.75, 3.05) is 83.2 Å². The van der Waals surface area contributed by atoms with Gasteiger partial charge in [-0.05, 0) is 55.2 Å². The Kier molecular flexibility index (Phi) is 12.3. The van der Waals surface area contributed by atoms with Gasteiger partial charge in [-0.2, -0.15) is 13.2 Å². The lowest BCUT2D eigenvalue weighted by Gasteiger charge is -2.38. The number of halogens is 3. The van der Waals surface area contributed by atoms with Crippen LogP contribution in [0, 0.1) is 0 Å². The van der Waals surface area contributed by atoms with Gasteiger partial charge in [0.05, 0.1) is 36.8 Å². The second-order valence-electron chi connectivity index (χ2n) is 14.7. The van der Waals surface area contributed by atoms with E-state index in [9.17, 15) is 32.3 Å². The summed E-state index contributed by atoms with van der Waals surface area (Å²) in [5, 5.41) is 8.82. The van der Waals surface area contributed by atoms with Gasteiger partial charge < -0.3 is 29.9 Å². The Morgan fingerprint density at radius 3 is 2.44 bits per heavy atom. The zero-order valence-corrected chi connectivity index (χ0v) is 31.8. The highest BCUT2D eigenvalue weighted by atomic mass is 19.4. The molecule has 304 valence electrons. The Bertz CT molecular complexity index is 1960. The molecule has 3 aromatic rings. The molecule has 7 rings (SSSR count). The van der Waals surface area contributed by atoms with E-state index in [1.165, 1.54) is 4.90 Å². The number of piperazine rings is 1. The fourth-order valence-electron chi connectivity index (χ4n) is 8.32. The third-order valence-corrected chi connectivity index (χ3v) is 11.1. The van der Waals surface area contributed by atoms with Crippen LogP contribution < -0.4 is 25.4 Å². The van der Waals surface area contributed by atoms with E-state index in [1.807, 2.05) is 12.1 Å². The van der Waals surface area contributed by atoms with Crippen molar-refractivity contribution in [3.8, 4) is 11.5 Å². The molecule has 5 heterocycles. The van der Waals surface area contributed by atoms with Gasteiger partial charge in [0, 0.05) is 94.7 Å². The largest absolute Gasteiger partial charge is 0.492 e. The minimum atomic E-state index is -4.41. The molecule has 14 nitrogen and oxygen atoms in total. The van der Waals surface area contributed by atoms with Crippen LogP contribution >= 0.6 is 0 Å². The van der Waals surface area contributed by atoms with E-state index in [1.54, 1.807) is 48.5 Å². The highest BCUT2D eigenvalue weighted by Gasteiger charge is 2.41. The van der Waals surface area contributed by atoms with Crippen molar-refractivity contribution in [2.45, 2.75) is 50.5 Å². The normalized spacial score (nSPS) is 20.5. The Balaban J connectivity index is 0.855. The molecule has 17 heteroatoms. The minimum absolute atomic E-state index is 0.109. The number of pyridine rings is 1. The summed E-state index contributed by atoms with van der Waals surface area (Å²) in [6.07, 6.45) is -1.25. The third kappa shape index (κ3) is 9.16. The summed E-state index contributed by atoms with van der Waals surface area (Å²) in [6, 6.07) is 11.0. The molecule has 57 heavy (non-hydrogen) atoms. The Hall–Kier alpha value is -5.26. The zero-order chi connectivity index (χ0) is 40.1. The highest BCUT2D eigenvalue weighted by molar-refractivity contribution is 6.06. The molecule has 3 N–H and O–H groups in total. The van der Waals surface area contributed by atoms with Crippen molar-refractivity contribution in [1.29, 1.82) is 0 Å². The van der Waals surface area contributed by atoms with Crippen molar-refractivity contribution in [3.05, 3.63) is 76.6 Å². The Morgan fingerprint density at radius 1 is 0.947 bits per heavy atom. The minimum Gasteiger partial charge on any atom is -0.492 e. The number of anilines is 2. The van der Waals surface area contributed by atoms with E-state index in [-0.39, 0.29) is 31.2 Å². The molecule has 2 saturated heterocycles. The summed E-state index contributed by atoms with van der Waals surface area (Å²) in [4.78, 5) is 60.7. The first-order valence-corrected chi connectivity index (χ1v) is 19.3. The van der Waals surface area contributed by atoms with Crippen molar-refractivity contribution >= 4 is 35.6 Å². The van der Waals surface area contributed by atoms with Crippen LogP contribution in [0.4, 0.5) is 24.5 Å². The number of carbonyl (C=O) groups excluding carboxylic acids is 4. The number of fused-ring (bicyclic) bond motifs is 2. The molecule has 2 atom stereocenters. The van der Waals surface area contributed by atoms with Crippen molar-refractivity contribution in [1.82, 2.24) is 29.9 Å². The maximum absolute atomic E-state index is 13.6. The predicted molar refractivity (Wildman–Crippen MR) is 204 cm³/mol. The second-order valence-corrected chi connectivity index (χ2v) is 14.7. The lowest BCUT2D eigenvalue weighted by molar-refractivity contribution is -0.150. The number of amides is 3. The summed E-state index contributed by atoms with van der Waals surface area (Å²) in [6.45, 7) is 6.16. The molecular formula is C40H47F3N8O6. The fraction of sp³-hybridized carbons (Fsp3) is 0.475. The first kappa shape index (κ1) is 40.0. The van der Waals surface area contributed by atoms with E-state index >= 15 is 0 Å². The van der Waals surface area contributed by atoms with Crippen molar-refractivity contribution in [2.24, 2.45) is 0 Å². The number of hydrogen-bond donors (Lipinski definition) is 3. The third-order valence-electron chi connectivity index (χ3n) is 11.1. The maximum atomic E-state index is 13.6. The topological polar surface area (TPSA) is 149 Å². The fourth-order valence-corrected chi connectivity index (χ4v) is 8.32. The average Bonchev–Trinajstić information content (AvgIpc) is 3.53. The quantitative estimate of drug-likeness (QED) is 0.118. The number of carbonyl (C=O) groups is 4. The van der Waals surface area contributed by atoms with E-state index in [0.29, 0.717) is 72.2 Å². The second kappa shape index (κ2) is 17.5. The molecule has 4 aliphatic rings. The van der Waals surface area contributed by atoms with E-state index in [2.05, 4.69) is 30.7 Å². The number of nitrogens with one attached hydrogen (secondary N) is 3. The van der Waals surface area contributed by atoms with Crippen LogP contribution in [0.3, 0.4) is 0 Å². The SMILES string of the molecule is CNc1ccc2c(c1OC=O)CCN(CC(F)(F)F)C2c1ccc(OCCCN2CCN(CCNc3cccc4c3CN(C3CCC(=O)NC3=O)C4=O)CC2)cn1. The lowest BCUT2D eigenvalue weighted by Crippen LogP contribution is -2.52. The number of rotatable bonds is 15. The molecule has 2 aromatic carbocycles. The van der Waals surface area contributed by atoms with Crippen LogP contribution in [0.15, 0.2) is 48.7 Å². The first-order chi connectivity index (χ1) is 27.5. The molecule has 3 amide bonds. The van der Waals surface area contributed by atoms with Gasteiger partial charge in [0.1, 0.15) is 11.8 Å². The molecule has 0 saturated carbocycles. The number of imide groups is 1. The van der Waals surface area contributed by atoms with Gasteiger partial charge in [-0.1, -0.05) is 12.1 Å². The van der Waals surface area contributed by atoms with Crippen molar-refractivity contribution < 1.29 is 41.8 Å². The predicted octanol–water partition coefficient (Wildman–Crippen LogP) is 3.43. The summed E-state index contributed by atoms with van der Waals surface area (Å²) in [5.74, 6) is -0.0740. The van der Waals surface area contributed by atoms with Gasteiger partial charge in [0.15, 0.2) is 5.75 Å². The number of piperidine rings is 1. The highest BCUT2D eigenvalue weighted by Crippen LogP contribution is 2.43. The van der Waals surface area contributed by atoms with Crippen LogP contribution in [0.2, 0.25) is 0 Å². The van der Waals surface area contributed by atoms with Crippen LogP contribution in [-0.2, 0) is 27.3 Å². The van der Waals surface area contributed by atoms with Gasteiger partial charge in [0.2, 0.25) is 11.8 Å². The smallest absolute Gasteiger partial charge is 0.401 e. The van der Waals surface area contributed by atoms with Crippen LogP contribution in [0.5, 0.6) is 11.5 Å². The van der Waals surface area contributed by atoms with E-state index in [0.717, 1.165) is 56.9 Å². The standard InChI is InChI=1S/C40H47F3N8O6/c1-44-33-9-7-27-28(37(33)57-25-52)12-15-50(24-40(41,42)43)36(27)32-8-6-26(22-46-32)56-21-3-14-48-17-19-49(20-18-48)16-13-45-31-5-2-4-29-30(31)23-51(39(29)55)34-10-11-35(53)47-38(34)54/h2,4-9,22,25,34,36,44-45H,3,10-21,23-24H2,1H3,(H,47,53,54). The van der Waals surface area contributed by atoms with Crippen LogP contribution in [0.25, 0.3) is 0 Å². The molecule has 1 aromatic heterocycles. The van der Waals surface area contributed by atoms with Gasteiger partial charge >= 0.3 is 6.18 Å². The number of aromatic nitrogens is 1. The molecule has 2 fully saturated rings. The molecule has 0 aliphatic carbocycles. The number of hydrogen-bond acceptors (Lipinski definition) is 12. The maximum Gasteiger partial charge on any atom is 0.401 e. The summed E-state index contributed by atoms with van der Waals surface area (Å²) in [7, 11) is 1.68. The number of nitrogens with zero attached hydrogens (tertiary/aromatic N) is 5. The molecule has 0 radical (unpaired) electrons. The monoisotopic (exact) mass is 792 g/mol. The number of benzene rings is 2. The Labute approximate surface area is 328 Å². The molecule has 2 unspecified atom stereocenters. The van der Waals surface area contributed by atoms with E-state index < -0.39 is 30.7 Å². The number of ether oxygens (including phenoxy) is 2. The van der Waals surface area contributed by atoms with Crippen LogP contribution in [-0.4, -0.2) is 134 Å². The average molecular weight is 793 g/mol.